The lowest BCUT2D eigenvalue weighted by Crippen LogP contribution is -2.48. The Kier molecular flexibility index (Phi) is 10.3. The van der Waals surface area contributed by atoms with Crippen molar-refractivity contribution in [1.29, 1.82) is 0 Å². The Morgan fingerprint density at radius 2 is 1.65 bits per heavy atom. The molecular weight excluding hydrogens is 682 g/mol. The summed E-state index contributed by atoms with van der Waals surface area (Å²) in [6.07, 6.45) is 7.42. The van der Waals surface area contributed by atoms with Gasteiger partial charge in [-0.25, -0.2) is 4.68 Å². The second-order valence-electron chi connectivity index (χ2n) is 15.1. The van der Waals surface area contributed by atoms with Crippen LogP contribution in [0.2, 0.25) is 5.02 Å². The summed E-state index contributed by atoms with van der Waals surface area (Å²) in [4.78, 5) is 56.6. The molecule has 0 saturated carbocycles. The Morgan fingerprint density at radius 3 is 2.35 bits per heavy atom. The molecule has 3 atom stereocenters. The highest BCUT2D eigenvalue weighted by Crippen LogP contribution is 2.44. The number of carbonyl (C=O) groups is 3. The smallest absolute Gasteiger partial charge is 0.287 e. The lowest BCUT2D eigenvalue weighted by Gasteiger charge is -2.47. The first-order valence-electron chi connectivity index (χ1n) is 18.4. The summed E-state index contributed by atoms with van der Waals surface area (Å²) in [7, 11) is 5.33. The molecule has 1 unspecified atom stereocenters. The Labute approximate surface area is 309 Å². The molecule has 4 saturated heterocycles. The van der Waals surface area contributed by atoms with Gasteiger partial charge in [0.25, 0.3) is 11.5 Å². The van der Waals surface area contributed by atoms with Gasteiger partial charge in [-0.1, -0.05) is 29.8 Å². The number of hydrogen-bond donors (Lipinski definition) is 2. The van der Waals surface area contributed by atoms with Gasteiger partial charge in [-0.05, 0) is 92.3 Å². The Hall–Kier alpha value is -4.42. The van der Waals surface area contributed by atoms with Gasteiger partial charge in [-0.2, -0.15) is 5.10 Å². The lowest BCUT2D eigenvalue weighted by atomic mass is 9.71. The fourth-order valence-electron chi connectivity index (χ4n) is 8.67. The van der Waals surface area contributed by atoms with Crippen molar-refractivity contribution in [2.45, 2.75) is 62.8 Å². The van der Waals surface area contributed by atoms with E-state index in [1.165, 1.54) is 10.2 Å². The van der Waals surface area contributed by atoms with Crippen LogP contribution in [0.4, 0.5) is 11.4 Å². The van der Waals surface area contributed by atoms with E-state index in [2.05, 4.69) is 44.7 Å². The third-order valence-electron chi connectivity index (χ3n) is 11.8. The number of nitrogens with one attached hydrogen (secondary N) is 2. The maximum Gasteiger partial charge on any atom is 0.287 e. The summed E-state index contributed by atoms with van der Waals surface area (Å²) in [5.74, 6) is 0.305. The van der Waals surface area contributed by atoms with Crippen molar-refractivity contribution in [2.24, 2.45) is 12.5 Å². The minimum atomic E-state index is -0.344. The monoisotopic (exact) mass is 729 g/mol. The van der Waals surface area contributed by atoms with E-state index >= 15 is 0 Å². The van der Waals surface area contributed by atoms with Crippen LogP contribution >= 0.6 is 11.6 Å². The zero-order valence-corrected chi connectivity index (χ0v) is 31.0. The van der Waals surface area contributed by atoms with Gasteiger partial charge in [-0.15, -0.1) is 0 Å². The van der Waals surface area contributed by atoms with Crippen molar-refractivity contribution in [3.63, 3.8) is 0 Å². The summed E-state index contributed by atoms with van der Waals surface area (Å²) in [6.45, 7) is 5.05. The fraction of sp³-hybridized carbons (Fsp3) is 0.513. The molecule has 2 N–H and O–H groups in total. The van der Waals surface area contributed by atoms with Crippen LogP contribution in [0.3, 0.4) is 0 Å². The number of nitrogens with zero attached hydrogens (tertiary/aromatic N) is 5. The van der Waals surface area contributed by atoms with Gasteiger partial charge in [0.1, 0.15) is 10.8 Å². The normalized spacial score (nSPS) is 23.7. The number of aryl methyl sites for hydroxylation is 1. The molecule has 3 amide bonds. The maximum absolute atomic E-state index is 13.6. The highest BCUT2D eigenvalue weighted by atomic mass is 35.5. The number of anilines is 2. The number of piperidine rings is 4. The number of methoxy groups -OCH3 is 1. The van der Waals surface area contributed by atoms with E-state index in [1.807, 2.05) is 35.2 Å². The first kappa shape index (κ1) is 36.0. The second-order valence-corrected chi connectivity index (χ2v) is 15.5. The molecule has 2 aromatic carbocycles. The van der Waals surface area contributed by atoms with Gasteiger partial charge in [0.15, 0.2) is 0 Å². The minimum absolute atomic E-state index is 0.0905. The fourth-order valence-corrected chi connectivity index (χ4v) is 8.89. The average Bonchev–Trinajstić information content (AvgIpc) is 3.15. The van der Waals surface area contributed by atoms with Gasteiger partial charge in [0, 0.05) is 64.3 Å². The number of likely N-dealkylation sites (tertiary alicyclic amines) is 2. The van der Waals surface area contributed by atoms with Crippen LogP contribution in [-0.4, -0.2) is 96.8 Å². The number of benzene rings is 2. The number of rotatable bonds is 7. The summed E-state index contributed by atoms with van der Waals surface area (Å²) < 4.78 is 7.01. The molecule has 1 aromatic heterocycles. The molecule has 13 heteroatoms. The number of amides is 3. The predicted molar refractivity (Wildman–Crippen MR) is 200 cm³/mol. The summed E-state index contributed by atoms with van der Waals surface area (Å²) in [6, 6.07) is 14.2. The predicted octanol–water partition coefficient (Wildman–Crippen LogP) is 4.39. The van der Waals surface area contributed by atoms with E-state index in [1.54, 1.807) is 20.4 Å². The minimum Gasteiger partial charge on any atom is -0.495 e. The third kappa shape index (κ3) is 7.41. The van der Waals surface area contributed by atoms with E-state index < -0.39 is 0 Å². The average molecular weight is 730 g/mol. The molecule has 3 aromatic rings. The number of halogens is 1. The largest absolute Gasteiger partial charge is 0.495 e. The van der Waals surface area contributed by atoms with Crippen LogP contribution in [0.25, 0.3) is 0 Å². The van der Waals surface area contributed by atoms with Crippen LogP contribution in [0, 0.1) is 5.41 Å². The highest BCUT2D eigenvalue weighted by molar-refractivity contribution is 6.32. The molecule has 0 radical (unpaired) electrons. The number of ether oxygens (including phenoxy) is 1. The van der Waals surface area contributed by atoms with Crippen molar-refractivity contribution in [2.75, 3.05) is 63.6 Å². The molecule has 7 rings (SSSR count). The Balaban J connectivity index is 0.921. The topological polar surface area (TPSA) is 129 Å². The molecule has 4 aliphatic rings. The van der Waals surface area contributed by atoms with E-state index in [4.69, 9.17) is 16.3 Å². The zero-order valence-electron chi connectivity index (χ0n) is 30.2. The van der Waals surface area contributed by atoms with Crippen molar-refractivity contribution in [3.05, 3.63) is 80.7 Å². The lowest BCUT2D eigenvalue weighted by molar-refractivity contribution is -0.134. The second kappa shape index (κ2) is 14.9. The van der Waals surface area contributed by atoms with Gasteiger partial charge in [0.2, 0.25) is 11.8 Å². The Bertz CT molecular complexity index is 1880. The van der Waals surface area contributed by atoms with Crippen molar-refractivity contribution in [3.8, 4) is 5.75 Å². The first-order valence-corrected chi connectivity index (χ1v) is 18.7. The number of aromatic nitrogens is 2. The van der Waals surface area contributed by atoms with Crippen LogP contribution in [0.15, 0.2) is 53.5 Å². The van der Waals surface area contributed by atoms with Crippen molar-refractivity contribution < 1.29 is 19.1 Å². The molecule has 0 aliphatic carbocycles. The van der Waals surface area contributed by atoms with Crippen molar-refractivity contribution >= 4 is 40.7 Å². The number of hydrogen-bond acceptors (Lipinski definition) is 9. The molecule has 0 bridgehead atoms. The van der Waals surface area contributed by atoms with Crippen LogP contribution in [-0.2, 0) is 16.6 Å². The number of imide groups is 1. The summed E-state index contributed by atoms with van der Waals surface area (Å²) in [5, 5.41) is 10.2. The third-order valence-corrected chi connectivity index (χ3v) is 12.2. The molecule has 4 fully saturated rings. The van der Waals surface area contributed by atoms with Gasteiger partial charge in [-0.3, -0.25) is 24.5 Å². The van der Waals surface area contributed by atoms with Crippen LogP contribution < -0.4 is 25.8 Å². The maximum atomic E-state index is 13.6. The standard InChI is InChI=1S/C39H48ClN7O5/c1-44-23-28(20-29(24-44)42-31-22-41-45(2)38(51)35(31)40)25-4-6-26(7-5-25)37(50)47-18-14-39(15-19-47)12-16-46(17-13-39)32-10-8-27(21-33(32)52-3)30-9-11-34(48)43-36(30)49/h4-8,10,21-22,28-30,42H,9,11-20,23-24H2,1-3H3,(H,43,48,49)/t28-,29+,30?/m0/s1. The van der Waals surface area contributed by atoms with Crippen molar-refractivity contribution in [1.82, 2.24) is 24.9 Å². The van der Waals surface area contributed by atoms with Gasteiger partial charge < -0.3 is 24.8 Å². The SMILES string of the molecule is COc1cc(C2CCC(=O)NC2=O)ccc1N1CCC2(CCN(C(=O)c3ccc([C@H]4C[C@@H](Nc5cnn(C)c(=O)c5Cl)CN(C)C4)cc3)CC2)CC1. The quantitative estimate of drug-likeness (QED) is 0.341. The molecule has 1 spiro atoms. The summed E-state index contributed by atoms with van der Waals surface area (Å²) >= 11 is 6.32. The van der Waals surface area contributed by atoms with E-state index in [-0.39, 0.29) is 51.6 Å². The van der Waals surface area contributed by atoms with E-state index in [0.29, 0.717) is 18.5 Å². The zero-order chi connectivity index (χ0) is 36.6. The van der Waals surface area contributed by atoms with Gasteiger partial charge >= 0.3 is 0 Å². The highest BCUT2D eigenvalue weighted by Gasteiger charge is 2.39. The molecule has 5 heterocycles. The molecule has 52 heavy (non-hydrogen) atoms. The Morgan fingerprint density at radius 1 is 0.962 bits per heavy atom. The summed E-state index contributed by atoms with van der Waals surface area (Å²) in [5.41, 5.74) is 4.26. The number of carbonyl (C=O) groups excluding carboxylic acids is 3. The molecule has 12 nitrogen and oxygen atoms in total. The molecule has 4 aliphatic heterocycles. The van der Waals surface area contributed by atoms with Crippen LogP contribution in [0.5, 0.6) is 5.75 Å². The van der Waals surface area contributed by atoms with Crippen LogP contribution in [0.1, 0.15) is 78.3 Å². The number of likely N-dealkylation sites (N-methyl/N-ethyl adjacent to an activating group) is 1. The molecule has 276 valence electrons. The van der Waals surface area contributed by atoms with E-state index in [9.17, 15) is 19.2 Å². The first-order chi connectivity index (χ1) is 25.0. The molecular formula is C39H48ClN7O5. The van der Waals surface area contributed by atoms with E-state index in [0.717, 1.165) is 93.9 Å². The van der Waals surface area contributed by atoms with Gasteiger partial charge in [0.05, 0.1) is 30.6 Å².